The number of hydrogen-bond donors (Lipinski definition) is 0. The van der Waals surface area contributed by atoms with Gasteiger partial charge in [-0.05, 0) is 32.0 Å². The van der Waals surface area contributed by atoms with Crippen LogP contribution in [0, 0.1) is 0 Å². The third kappa shape index (κ3) is 3.04. The van der Waals surface area contributed by atoms with Gasteiger partial charge in [0.15, 0.2) is 0 Å². The van der Waals surface area contributed by atoms with Crippen LogP contribution in [0.5, 0.6) is 0 Å². The third-order valence-electron chi connectivity index (χ3n) is 5.36. The molecule has 2 aromatic carbocycles. The molecule has 0 radical (unpaired) electrons. The van der Waals surface area contributed by atoms with Gasteiger partial charge < -0.3 is 4.90 Å². The average molecular weight is 453 g/mol. The van der Waals surface area contributed by atoms with Crippen LogP contribution in [-0.4, -0.2) is 11.6 Å². The van der Waals surface area contributed by atoms with E-state index >= 15 is 0 Å². The summed E-state index contributed by atoms with van der Waals surface area (Å²) >= 11 is 5.06. The minimum Gasteiger partial charge on any atom is -0.337 e. The fourth-order valence-electron chi connectivity index (χ4n) is 3.86. The Labute approximate surface area is 187 Å². The van der Waals surface area contributed by atoms with E-state index in [2.05, 4.69) is 58.9 Å². The maximum atomic E-state index is 13.3. The van der Waals surface area contributed by atoms with E-state index < -0.39 is 0 Å². The summed E-state index contributed by atoms with van der Waals surface area (Å²) in [4.78, 5) is 16.7. The minimum atomic E-state index is 0.0973. The van der Waals surface area contributed by atoms with Crippen molar-refractivity contribution in [3.8, 4) is 0 Å². The lowest BCUT2D eigenvalue weighted by molar-refractivity contribution is -0.665. The predicted octanol–water partition coefficient (Wildman–Crippen LogP) is 3.59. The molecule has 30 heavy (non-hydrogen) atoms. The van der Waals surface area contributed by atoms with Gasteiger partial charge in [-0.2, -0.15) is 4.57 Å². The lowest BCUT2D eigenvalue weighted by atomic mass is 10.3. The van der Waals surface area contributed by atoms with Gasteiger partial charge in [0, 0.05) is 24.6 Å². The van der Waals surface area contributed by atoms with Gasteiger partial charge in [-0.3, -0.25) is 9.36 Å². The molecule has 1 aliphatic rings. The van der Waals surface area contributed by atoms with Crippen LogP contribution in [0.4, 0.5) is 5.69 Å². The molecule has 1 aliphatic heterocycles. The molecule has 4 nitrogen and oxygen atoms in total. The lowest BCUT2D eigenvalue weighted by Crippen LogP contribution is -2.35. The van der Waals surface area contributed by atoms with E-state index in [0.29, 0.717) is 6.54 Å². The second-order valence-electron chi connectivity index (χ2n) is 7.05. The Kier molecular flexibility index (Phi) is 5.05. The van der Waals surface area contributed by atoms with Gasteiger partial charge in [0.1, 0.15) is 25.5 Å². The van der Waals surface area contributed by atoms with Crippen molar-refractivity contribution < 1.29 is 4.57 Å². The molecule has 7 heteroatoms. The molecule has 0 amide bonds. The van der Waals surface area contributed by atoms with Gasteiger partial charge in [-0.15, -0.1) is 11.3 Å². The zero-order valence-electron chi connectivity index (χ0n) is 17.1. The standard InChI is InChI=1S/C23H22N3OS3/c1-4-25-16-11-7-9-13-18(16)28-19(25)14-20-26(5-2)22(27)21(30-20)23-24(3)15-10-6-8-12-17(15)29-23/h6-14H,4-5H2,1-3H3/q+1/b23-21+. The monoisotopic (exact) mass is 452 g/mol. The highest BCUT2D eigenvalue weighted by molar-refractivity contribution is 8.08. The number of anilines is 1. The minimum absolute atomic E-state index is 0.0973. The van der Waals surface area contributed by atoms with Crippen LogP contribution in [0.25, 0.3) is 21.3 Å². The highest BCUT2D eigenvalue weighted by Crippen LogP contribution is 2.44. The summed E-state index contributed by atoms with van der Waals surface area (Å²) in [7, 11) is 2.05. The summed E-state index contributed by atoms with van der Waals surface area (Å²) in [5.41, 5.74) is 2.50. The van der Waals surface area contributed by atoms with Crippen LogP contribution in [0.15, 0.2) is 58.2 Å². The van der Waals surface area contributed by atoms with E-state index in [1.165, 1.54) is 20.1 Å². The van der Waals surface area contributed by atoms with Crippen molar-refractivity contribution in [3.05, 3.63) is 73.1 Å². The van der Waals surface area contributed by atoms with E-state index in [1.807, 2.05) is 30.7 Å². The van der Waals surface area contributed by atoms with Crippen molar-refractivity contribution in [2.75, 3.05) is 11.9 Å². The van der Waals surface area contributed by atoms with Gasteiger partial charge >= 0.3 is 0 Å². The maximum absolute atomic E-state index is 13.3. The van der Waals surface area contributed by atoms with E-state index in [0.717, 1.165) is 26.5 Å². The number of aromatic nitrogens is 2. The summed E-state index contributed by atoms with van der Waals surface area (Å²) in [6.07, 6.45) is 2.18. The van der Waals surface area contributed by atoms with Crippen molar-refractivity contribution in [3.63, 3.8) is 0 Å². The van der Waals surface area contributed by atoms with Gasteiger partial charge in [0.25, 0.3) is 10.6 Å². The molecule has 0 saturated heterocycles. The Morgan fingerprint density at radius 2 is 1.80 bits per heavy atom. The first-order valence-electron chi connectivity index (χ1n) is 10.00. The van der Waals surface area contributed by atoms with Crippen LogP contribution in [-0.2, 0) is 13.1 Å². The molecule has 0 N–H and O–H groups in total. The Balaban J connectivity index is 1.74. The highest BCUT2D eigenvalue weighted by Gasteiger charge is 2.24. The Bertz CT molecular complexity index is 1440. The van der Waals surface area contributed by atoms with Gasteiger partial charge in [-0.1, -0.05) is 47.4 Å². The van der Waals surface area contributed by atoms with Crippen LogP contribution >= 0.6 is 34.4 Å². The lowest BCUT2D eigenvalue weighted by Gasteiger charge is -2.11. The summed E-state index contributed by atoms with van der Waals surface area (Å²) in [5, 5.41) is 2.20. The number of nitrogens with zero attached hydrogens (tertiary/aromatic N) is 3. The molecule has 0 spiro atoms. The Morgan fingerprint density at radius 1 is 1.03 bits per heavy atom. The van der Waals surface area contributed by atoms with Crippen molar-refractivity contribution in [1.82, 2.24) is 4.57 Å². The zero-order valence-corrected chi connectivity index (χ0v) is 19.5. The molecule has 0 saturated carbocycles. The molecule has 0 bridgehead atoms. The van der Waals surface area contributed by atoms with Crippen LogP contribution in [0.1, 0.15) is 18.9 Å². The van der Waals surface area contributed by atoms with E-state index in [-0.39, 0.29) is 5.56 Å². The molecule has 3 heterocycles. The summed E-state index contributed by atoms with van der Waals surface area (Å²) in [6.45, 7) is 5.77. The van der Waals surface area contributed by atoms with Crippen molar-refractivity contribution >= 4 is 61.4 Å². The molecule has 0 fully saturated rings. The number of benzene rings is 2. The summed E-state index contributed by atoms with van der Waals surface area (Å²) in [6, 6.07) is 16.8. The van der Waals surface area contributed by atoms with E-state index in [9.17, 15) is 4.79 Å². The number of aryl methyl sites for hydroxylation is 1. The molecule has 2 aromatic heterocycles. The topological polar surface area (TPSA) is 29.1 Å². The van der Waals surface area contributed by atoms with Gasteiger partial charge in [0.2, 0.25) is 5.52 Å². The SMILES string of the molecule is CCn1c(=O)/c(=C2\Sc3ccccc3N2C)s/c1=C\c1sc2ccccc2[n+]1CC. The van der Waals surface area contributed by atoms with Gasteiger partial charge in [-0.25, -0.2) is 0 Å². The second kappa shape index (κ2) is 7.72. The molecule has 5 rings (SSSR count). The summed E-state index contributed by atoms with van der Waals surface area (Å²) < 4.78 is 7.31. The highest BCUT2D eigenvalue weighted by atomic mass is 32.2. The molecular formula is C23H22N3OS3+. The Morgan fingerprint density at radius 3 is 2.57 bits per heavy atom. The zero-order chi connectivity index (χ0) is 20.8. The number of thioether (sulfide) groups is 1. The third-order valence-corrected chi connectivity index (χ3v) is 8.96. The second-order valence-corrected chi connectivity index (χ2v) is 10.2. The smallest absolute Gasteiger partial charge is 0.271 e. The predicted molar refractivity (Wildman–Crippen MR) is 129 cm³/mol. The van der Waals surface area contributed by atoms with Crippen molar-refractivity contribution in [2.45, 2.75) is 31.8 Å². The van der Waals surface area contributed by atoms with Crippen LogP contribution in [0.3, 0.4) is 0 Å². The number of thiazole rings is 2. The van der Waals surface area contributed by atoms with E-state index in [4.69, 9.17) is 0 Å². The fourth-order valence-corrected chi connectivity index (χ4v) is 7.55. The van der Waals surface area contributed by atoms with Crippen molar-refractivity contribution in [1.29, 1.82) is 0 Å². The molecule has 0 atom stereocenters. The van der Waals surface area contributed by atoms with Crippen molar-refractivity contribution in [2.24, 2.45) is 0 Å². The molecule has 4 aromatic rings. The quantitative estimate of drug-likeness (QED) is 0.445. The first-order valence-corrected chi connectivity index (χ1v) is 12.4. The number of hydrogen-bond acceptors (Lipinski definition) is 5. The maximum Gasteiger partial charge on any atom is 0.271 e. The number of fused-ring (bicyclic) bond motifs is 2. The number of para-hydroxylation sites is 2. The largest absolute Gasteiger partial charge is 0.337 e. The first kappa shape index (κ1) is 19.6. The molecule has 152 valence electrons. The number of rotatable bonds is 3. The first-order chi connectivity index (χ1) is 14.6. The molecule has 0 unspecified atom stereocenters. The molecule has 0 aliphatic carbocycles. The average Bonchev–Trinajstić information content (AvgIpc) is 3.39. The van der Waals surface area contributed by atoms with E-state index in [1.54, 1.807) is 34.4 Å². The fraction of sp³-hybridized carbons (Fsp3) is 0.217. The molecular weight excluding hydrogens is 430 g/mol. The van der Waals surface area contributed by atoms with Crippen LogP contribution in [0.2, 0.25) is 0 Å². The summed E-state index contributed by atoms with van der Waals surface area (Å²) in [5.74, 6) is 0. The normalized spacial score (nSPS) is 16.0. The Hall–Kier alpha value is -2.35. The van der Waals surface area contributed by atoms with Crippen LogP contribution < -0.4 is 24.2 Å². The van der Waals surface area contributed by atoms with Gasteiger partial charge in [0.05, 0.1) is 11.8 Å².